The number of fused-ring (bicyclic) bond motifs is 1. The number of likely N-dealkylation sites (N-methyl/N-ethyl adjacent to an activating group) is 1. The van der Waals surface area contributed by atoms with Gasteiger partial charge < -0.3 is 19.9 Å². The number of H-pyrrole nitrogens is 1. The number of carbonyl (C=O) groups is 1. The minimum absolute atomic E-state index is 0.0183. The van der Waals surface area contributed by atoms with Gasteiger partial charge in [-0.05, 0) is 44.4 Å². The second-order valence-electron chi connectivity index (χ2n) is 6.17. The Kier molecular flexibility index (Phi) is 3.77. The average molecular weight is 307 g/mol. The number of thiophene rings is 1. The van der Waals surface area contributed by atoms with Crippen molar-refractivity contribution in [1.82, 2.24) is 14.8 Å². The van der Waals surface area contributed by atoms with Gasteiger partial charge in [0, 0.05) is 13.1 Å². The van der Waals surface area contributed by atoms with Crippen LogP contribution in [0.15, 0.2) is 17.5 Å². The fourth-order valence-electron chi connectivity index (χ4n) is 3.14. The molecule has 0 saturated carbocycles. The van der Waals surface area contributed by atoms with E-state index in [1.54, 1.807) is 16.2 Å². The molecule has 114 valence electrons. The van der Waals surface area contributed by atoms with E-state index >= 15 is 0 Å². The number of β-amino-alcohol motifs (C(OH)–C–C–N with tert-alkyl or cyclic N) is 1. The predicted molar refractivity (Wildman–Crippen MR) is 84.8 cm³/mol. The van der Waals surface area contributed by atoms with Gasteiger partial charge in [0.15, 0.2) is 0 Å². The zero-order chi connectivity index (χ0) is 15.0. The molecule has 3 rings (SSSR count). The summed E-state index contributed by atoms with van der Waals surface area (Å²) in [5.41, 5.74) is 0.816. The molecule has 2 aromatic heterocycles. The van der Waals surface area contributed by atoms with Crippen LogP contribution < -0.4 is 0 Å². The molecule has 2 N–H and O–H groups in total. The van der Waals surface area contributed by atoms with Crippen molar-refractivity contribution in [3.63, 3.8) is 0 Å². The number of rotatable bonds is 3. The van der Waals surface area contributed by atoms with Crippen molar-refractivity contribution in [1.29, 1.82) is 0 Å². The van der Waals surface area contributed by atoms with E-state index in [0.717, 1.165) is 23.1 Å². The van der Waals surface area contributed by atoms with Gasteiger partial charge in [-0.2, -0.15) is 0 Å². The lowest BCUT2D eigenvalue weighted by molar-refractivity contribution is -0.0392. The predicted octanol–water partition coefficient (Wildman–Crippen LogP) is 1.76. The van der Waals surface area contributed by atoms with Crippen molar-refractivity contribution >= 4 is 27.5 Å². The monoisotopic (exact) mass is 307 g/mol. The molecular formula is C15H21N3O2S. The highest BCUT2D eigenvalue weighted by molar-refractivity contribution is 7.17. The maximum Gasteiger partial charge on any atom is 0.270 e. The van der Waals surface area contributed by atoms with Crippen LogP contribution in [-0.2, 0) is 0 Å². The molecule has 3 heterocycles. The van der Waals surface area contributed by atoms with Gasteiger partial charge in [-0.25, -0.2) is 0 Å². The minimum atomic E-state index is -0.804. The van der Waals surface area contributed by atoms with E-state index in [0.29, 0.717) is 25.3 Å². The maximum atomic E-state index is 12.6. The molecule has 0 bridgehead atoms. The Hall–Kier alpha value is -1.37. The molecule has 21 heavy (non-hydrogen) atoms. The van der Waals surface area contributed by atoms with E-state index in [4.69, 9.17) is 0 Å². The molecule has 5 nitrogen and oxygen atoms in total. The van der Waals surface area contributed by atoms with E-state index in [2.05, 4.69) is 4.98 Å². The summed E-state index contributed by atoms with van der Waals surface area (Å²) in [6.07, 6.45) is 1.58. The second-order valence-corrected chi connectivity index (χ2v) is 7.12. The summed E-state index contributed by atoms with van der Waals surface area (Å²) in [5.74, 6) is -0.0183. The van der Waals surface area contributed by atoms with Crippen molar-refractivity contribution in [2.24, 2.45) is 0 Å². The van der Waals surface area contributed by atoms with Gasteiger partial charge in [0.05, 0.1) is 22.4 Å². The van der Waals surface area contributed by atoms with Crippen molar-refractivity contribution in [3.8, 4) is 0 Å². The summed E-state index contributed by atoms with van der Waals surface area (Å²) in [5, 5.41) is 12.7. The summed E-state index contributed by atoms with van der Waals surface area (Å²) in [7, 11) is 3.88. The fourth-order valence-corrected chi connectivity index (χ4v) is 3.92. The van der Waals surface area contributed by atoms with Crippen LogP contribution >= 0.6 is 11.3 Å². The van der Waals surface area contributed by atoms with Crippen molar-refractivity contribution in [3.05, 3.63) is 23.2 Å². The molecule has 6 heteroatoms. The molecule has 0 radical (unpaired) electrons. The lowest BCUT2D eigenvalue weighted by Gasteiger charge is -2.40. The standard InChI is InChI=1S/C15H21N3O2S/c1-17(2)9-15(20)5-3-6-18(10-15)14(19)12-8-13-11(16-12)4-7-21-13/h4,7-8,16,20H,3,5-6,9-10H2,1-2H3/t15-/m1/s1. The first kappa shape index (κ1) is 14.6. The van der Waals surface area contributed by atoms with Crippen LogP contribution in [0, 0.1) is 0 Å². The highest BCUT2D eigenvalue weighted by atomic mass is 32.1. The minimum Gasteiger partial charge on any atom is -0.387 e. The smallest absolute Gasteiger partial charge is 0.270 e. The van der Waals surface area contributed by atoms with Crippen molar-refractivity contribution < 1.29 is 9.90 Å². The number of carbonyl (C=O) groups excluding carboxylic acids is 1. The number of piperidine rings is 1. The Labute approximate surface area is 128 Å². The van der Waals surface area contributed by atoms with Gasteiger partial charge in [0.25, 0.3) is 5.91 Å². The Bertz CT molecular complexity index is 620. The van der Waals surface area contributed by atoms with Gasteiger partial charge in [0.2, 0.25) is 0 Å². The highest BCUT2D eigenvalue weighted by Crippen LogP contribution is 2.25. The first-order valence-electron chi connectivity index (χ1n) is 7.19. The van der Waals surface area contributed by atoms with Crippen LogP contribution in [0.25, 0.3) is 10.2 Å². The number of likely N-dealkylation sites (tertiary alicyclic amines) is 1. The van der Waals surface area contributed by atoms with Crippen LogP contribution in [0.5, 0.6) is 0 Å². The first-order chi connectivity index (χ1) is 9.97. The third kappa shape index (κ3) is 2.97. The topological polar surface area (TPSA) is 59.6 Å². The van der Waals surface area contributed by atoms with E-state index in [-0.39, 0.29) is 5.91 Å². The number of hydrogen-bond acceptors (Lipinski definition) is 4. The molecule has 0 aromatic carbocycles. The van der Waals surface area contributed by atoms with E-state index < -0.39 is 5.60 Å². The lowest BCUT2D eigenvalue weighted by atomic mass is 9.92. The normalized spacial score (nSPS) is 23.1. The summed E-state index contributed by atoms with van der Waals surface area (Å²) >= 11 is 1.62. The van der Waals surface area contributed by atoms with Crippen LogP contribution in [0.3, 0.4) is 0 Å². The molecule has 1 amide bonds. The van der Waals surface area contributed by atoms with Crippen molar-refractivity contribution in [2.45, 2.75) is 18.4 Å². The molecule has 1 aliphatic heterocycles. The molecule has 0 spiro atoms. The summed E-state index contributed by atoms with van der Waals surface area (Å²) in [6, 6.07) is 3.89. The molecule has 0 unspecified atom stereocenters. The number of hydrogen-bond donors (Lipinski definition) is 2. The molecule has 1 saturated heterocycles. The zero-order valence-electron chi connectivity index (χ0n) is 12.4. The van der Waals surface area contributed by atoms with Crippen LogP contribution in [0.2, 0.25) is 0 Å². The van der Waals surface area contributed by atoms with Gasteiger partial charge in [-0.3, -0.25) is 4.79 Å². The number of aromatic nitrogens is 1. The maximum absolute atomic E-state index is 12.6. The van der Waals surface area contributed by atoms with Crippen LogP contribution in [-0.4, -0.2) is 65.1 Å². The van der Waals surface area contributed by atoms with Gasteiger partial charge in [0.1, 0.15) is 5.69 Å². The number of nitrogens with one attached hydrogen (secondary N) is 1. The van der Waals surface area contributed by atoms with Gasteiger partial charge in [-0.15, -0.1) is 11.3 Å². The summed E-state index contributed by atoms with van der Waals surface area (Å²) < 4.78 is 1.10. The summed E-state index contributed by atoms with van der Waals surface area (Å²) in [6.45, 7) is 1.69. The number of aliphatic hydroxyl groups is 1. The summed E-state index contributed by atoms with van der Waals surface area (Å²) in [4.78, 5) is 19.5. The zero-order valence-corrected chi connectivity index (χ0v) is 13.2. The van der Waals surface area contributed by atoms with Crippen molar-refractivity contribution in [2.75, 3.05) is 33.7 Å². The van der Waals surface area contributed by atoms with Crippen LogP contribution in [0.1, 0.15) is 23.3 Å². The third-order valence-electron chi connectivity index (χ3n) is 3.92. The largest absolute Gasteiger partial charge is 0.387 e. The SMILES string of the molecule is CN(C)C[C@]1(O)CCCN(C(=O)c2cc3sccc3[nH]2)C1. The Morgan fingerprint density at radius 1 is 1.57 bits per heavy atom. The van der Waals surface area contributed by atoms with Crippen LogP contribution in [0.4, 0.5) is 0 Å². The third-order valence-corrected chi connectivity index (χ3v) is 4.79. The highest BCUT2D eigenvalue weighted by Gasteiger charge is 2.36. The molecule has 1 fully saturated rings. The van der Waals surface area contributed by atoms with Gasteiger partial charge in [-0.1, -0.05) is 0 Å². The first-order valence-corrected chi connectivity index (χ1v) is 8.07. The second kappa shape index (κ2) is 5.44. The molecular weight excluding hydrogens is 286 g/mol. The number of aromatic amines is 1. The molecule has 1 atom stereocenters. The van der Waals surface area contributed by atoms with E-state index in [1.807, 2.05) is 36.5 Å². The van der Waals surface area contributed by atoms with E-state index in [1.165, 1.54) is 0 Å². The number of amides is 1. The fraction of sp³-hybridized carbons (Fsp3) is 0.533. The Balaban J connectivity index is 1.76. The molecule has 2 aromatic rings. The van der Waals surface area contributed by atoms with E-state index in [9.17, 15) is 9.90 Å². The number of nitrogens with zero attached hydrogens (tertiary/aromatic N) is 2. The molecule has 0 aliphatic carbocycles. The quantitative estimate of drug-likeness (QED) is 0.908. The van der Waals surface area contributed by atoms with Gasteiger partial charge >= 0.3 is 0 Å². The average Bonchev–Trinajstić information content (AvgIpc) is 2.96. The lowest BCUT2D eigenvalue weighted by Crippen LogP contribution is -2.54. The Morgan fingerprint density at radius 2 is 2.38 bits per heavy atom. The Morgan fingerprint density at radius 3 is 3.10 bits per heavy atom. The molecule has 1 aliphatic rings.